The van der Waals surface area contributed by atoms with Gasteiger partial charge in [-0.15, -0.1) is 0 Å². The molecule has 0 bridgehead atoms. The minimum atomic E-state index is -0.151. The molecule has 0 unspecified atom stereocenters. The summed E-state index contributed by atoms with van der Waals surface area (Å²) in [6.45, 7) is 9.30. The molecule has 0 aromatic carbocycles. The minimum Gasteiger partial charge on any atom is -0.339 e. The quantitative estimate of drug-likeness (QED) is 0.829. The Kier molecular flexibility index (Phi) is 2.68. The highest BCUT2D eigenvalue weighted by molar-refractivity contribution is 5.74. The fourth-order valence-corrected chi connectivity index (χ4v) is 1.86. The Morgan fingerprint density at radius 3 is 2.81 bits per heavy atom. The molecule has 0 aliphatic carbocycles. The molecule has 86 valence electrons. The zero-order valence-electron chi connectivity index (χ0n) is 10.3. The van der Waals surface area contributed by atoms with Crippen molar-refractivity contribution in [2.24, 2.45) is 0 Å². The van der Waals surface area contributed by atoms with Crippen LogP contribution in [0.15, 0.2) is 12.3 Å². The zero-order chi connectivity index (χ0) is 11.8. The average molecular weight is 218 g/mol. The molecule has 2 N–H and O–H groups in total. The fourth-order valence-electron chi connectivity index (χ4n) is 1.86. The van der Waals surface area contributed by atoms with E-state index in [0.717, 1.165) is 23.5 Å². The van der Waals surface area contributed by atoms with E-state index < -0.39 is 0 Å². The molecule has 2 aromatic heterocycles. The molecule has 0 spiro atoms. The van der Waals surface area contributed by atoms with Crippen molar-refractivity contribution in [3.05, 3.63) is 23.7 Å². The summed E-state index contributed by atoms with van der Waals surface area (Å²) in [5.41, 5.74) is 2.85. The highest BCUT2D eigenvalue weighted by Crippen LogP contribution is 2.21. The van der Waals surface area contributed by atoms with Crippen LogP contribution in [0, 0.1) is 6.92 Å². The number of rotatable bonds is 3. The Balaban J connectivity index is 2.51. The number of fused-ring (bicyclic) bond motifs is 1. The summed E-state index contributed by atoms with van der Waals surface area (Å²) < 4.78 is 0. The Morgan fingerprint density at radius 1 is 1.44 bits per heavy atom. The van der Waals surface area contributed by atoms with Gasteiger partial charge in [0, 0.05) is 6.20 Å². The Hall–Kier alpha value is -1.42. The van der Waals surface area contributed by atoms with Gasteiger partial charge >= 0.3 is 0 Å². The first-order valence-corrected chi connectivity index (χ1v) is 5.61. The van der Waals surface area contributed by atoms with E-state index in [-0.39, 0.29) is 5.54 Å². The largest absolute Gasteiger partial charge is 0.339 e. The van der Waals surface area contributed by atoms with Crippen molar-refractivity contribution in [3.63, 3.8) is 0 Å². The lowest BCUT2D eigenvalue weighted by Crippen LogP contribution is -2.37. The SMILES string of the molecule is CCNC(C)(C)c1nc2nccc(C)c2[nH]1. The number of pyridine rings is 1. The van der Waals surface area contributed by atoms with Gasteiger partial charge in [-0.05, 0) is 38.9 Å². The number of hydrogen-bond acceptors (Lipinski definition) is 3. The molecule has 0 amide bonds. The zero-order valence-corrected chi connectivity index (χ0v) is 10.3. The van der Waals surface area contributed by atoms with Crippen molar-refractivity contribution in [1.82, 2.24) is 20.3 Å². The van der Waals surface area contributed by atoms with E-state index in [1.807, 2.05) is 6.07 Å². The van der Waals surface area contributed by atoms with Crippen LogP contribution >= 0.6 is 0 Å². The second-order valence-electron chi connectivity index (χ2n) is 4.57. The second kappa shape index (κ2) is 3.87. The molecule has 0 aliphatic rings. The van der Waals surface area contributed by atoms with E-state index >= 15 is 0 Å². The third kappa shape index (κ3) is 1.80. The molecular weight excluding hydrogens is 200 g/mol. The van der Waals surface area contributed by atoms with Gasteiger partial charge in [0.15, 0.2) is 5.65 Å². The van der Waals surface area contributed by atoms with Crippen molar-refractivity contribution < 1.29 is 0 Å². The number of aromatic amines is 1. The van der Waals surface area contributed by atoms with Crippen molar-refractivity contribution >= 4 is 11.2 Å². The van der Waals surface area contributed by atoms with E-state index in [2.05, 4.69) is 48.0 Å². The lowest BCUT2D eigenvalue weighted by Gasteiger charge is -2.22. The first-order chi connectivity index (χ1) is 7.54. The smallest absolute Gasteiger partial charge is 0.178 e. The van der Waals surface area contributed by atoms with Gasteiger partial charge in [-0.1, -0.05) is 6.92 Å². The van der Waals surface area contributed by atoms with Crippen molar-refractivity contribution in [1.29, 1.82) is 0 Å². The second-order valence-corrected chi connectivity index (χ2v) is 4.57. The summed E-state index contributed by atoms with van der Waals surface area (Å²) in [6.07, 6.45) is 1.79. The van der Waals surface area contributed by atoms with Crippen molar-refractivity contribution in [2.75, 3.05) is 6.54 Å². The molecule has 16 heavy (non-hydrogen) atoms. The number of imidazole rings is 1. The summed E-state index contributed by atoms with van der Waals surface area (Å²) in [4.78, 5) is 12.2. The standard InChI is InChI=1S/C12H18N4/c1-5-14-12(3,4)11-15-9-8(2)6-7-13-10(9)16-11/h6-7,14H,5H2,1-4H3,(H,13,15,16). The third-order valence-electron chi connectivity index (χ3n) is 2.81. The molecule has 0 atom stereocenters. The maximum atomic E-state index is 4.53. The van der Waals surface area contributed by atoms with Gasteiger partial charge in [0.05, 0.1) is 11.1 Å². The molecule has 0 saturated carbocycles. The van der Waals surface area contributed by atoms with Gasteiger partial charge < -0.3 is 10.3 Å². The first kappa shape index (κ1) is 11.1. The lowest BCUT2D eigenvalue weighted by atomic mass is 10.1. The summed E-state index contributed by atoms with van der Waals surface area (Å²) >= 11 is 0. The summed E-state index contributed by atoms with van der Waals surface area (Å²) in [5, 5.41) is 3.40. The van der Waals surface area contributed by atoms with Crippen LogP contribution in [-0.4, -0.2) is 21.5 Å². The van der Waals surface area contributed by atoms with Gasteiger partial charge in [-0.3, -0.25) is 0 Å². The molecule has 2 heterocycles. The van der Waals surface area contributed by atoms with Crippen LogP contribution in [0.5, 0.6) is 0 Å². The van der Waals surface area contributed by atoms with Crippen LogP contribution in [0.25, 0.3) is 11.2 Å². The van der Waals surface area contributed by atoms with Gasteiger partial charge in [-0.25, -0.2) is 9.97 Å². The average Bonchev–Trinajstić information content (AvgIpc) is 2.63. The monoisotopic (exact) mass is 218 g/mol. The van der Waals surface area contributed by atoms with Crippen LogP contribution in [0.3, 0.4) is 0 Å². The molecule has 0 aliphatic heterocycles. The van der Waals surface area contributed by atoms with Gasteiger partial charge in [0.1, 0.15) is 5.82 Å². The molecule has 2 aromatic rings. The number of nitrogens with zero attached hydrogens (tertiary/aromatic N) is 2. The summed E-state index contributed by atoms with van der Waals surface area (Å²) in [7, 11) is 0. The molecule has 0 saturated heterocycles. The van der Waals surface area contributed by atoms with Crippen LogP contribution in [0.1, 0.15) is 32.2 Å². The third-order valence-corrected chi connectivity index (χ3v) is 2.81. The number of aryl methyl sites for hydroxylation is 1. The molecule has 0 fully saturated rings. The van der Waals surface area contributed by atoms with E-state index in [9.17, 15) is 0 Å². The predicted molar refractivity (Wildman–Crippen MR) is 65.3 cm³/mol. The van der Waals surface area contributed by atoms with Crippen LogP contribution < -0.4 is 5.32 Å². The summed E-state index contributed by atoms with van der Waals surface area (Å²) in [5.74, 6) is 0.936. The molecule has 4 heteroatoms. The number of nitrogens with one attached hydrogen (secondary N) is 2. The van der Waals surface area contributed by atoms with Crippen LogP contribution in [0.4, 0.5) is 0 Å². The normalized spacial score (nSPS) is 12.2. The van der Waals surface area contributed by atoms with E-state index in [4.69, 9.17) is 0 Å². The van der Waals surface area contributed by atoms with Crippen molar-refractivity contribution in [3.8, 4) is 0 Å². The highest BCUT2D eigenvalue weighted by Gasteiger charge is 2.23. The van der Waals surface area contributed by atoms with E-state index in [1.54, 1.807) is 6.20 Å². The maximum Gasteiger partial charge on any atom is 0.178 e. The van der Waals surface area contributed by atoms with E-state index in [0.29, 0.717) is 0 Å². The highest BCUT2D eigenvalue weighted by atomic mass is 15.1. The Morgan fingerprint density at radius 2 is 2.19 bits per heavy atom. The van der Waals surface area contributed by atoms with Gasteiger partial charge in [0.2, 0.25) is 0 Å². The molecule has 2 rings (SSSR count). The minimum absolute atomic E-state index is 0.151. The van der Waals surface area contributed by atoms with Crippen molar-refractivity contribution in [2.45, 2.75) is 33.2 Å². The topological polar surface area (TPSA) is 53.6 Å². The molecule has 4 nitrogen and oxygen atoms in total. The van der Waals surface area contributed by atoms with Gasteiger partial charge in [-0.2, -0.15) is 0 Å². The Labute approximate surface area is 95.5 Å². The van der Waals surface area contributed by atoms with Gasteiger partial charge in [0.25, 0.3) is 0 Å². The fraction of sp³-hybridized carbons (Fsp3) is 0.500. The van der Waals surface area contributed by atoms with Crippen LogP contribution in [-0.2, 0) is 5.54 Å². The molecular formula is C12H18N4. The predicted octanol–water partition coefficient (Wildman–Crippen LogP) is 2.11. The Bertz CT molecular complexity index is 499. The molecule has 0 radical (unpaired) electrons. The first-order valence-electron chi connectivity index (χ1n) is 5.61. The maximum absolute atomic E-state index is 4.53. The number of hydrogen-bond donors (Lipinski definition) is 2. The lowest BCUT2D eigenvalue weighted by molar-refractivity contribution is 0.395. The van der Waals surface area contributed by atoms with Crippen LogP contribution in [0.2, 0.25) is 0 Å². The number of aromatic nitrogens is 3. The number of H-pyrrole nitrogens is 1. The summed E-state index contributed by atoms with van der Waals surface area (Å²) in [6, 6.07) is 1.99. The van der Waals surface area contributed by atoms with E-state index in [1.165, 1.54) is 5.56 Å².